The lowest BCUT2D eigenvalue weighted by atomic mass is 9.72. The van der Waals surface area contributed by atoms with Crippen LogP contribution in [0, 0.1) is 0 Å². The SMILES string of the molecule is COC(=O)NCC1(c2cccc(OC)c2)CCN(c2ccccc2OC)CC1. The van der Waals surface area contributed by atoms with Crippen LogP contribution >= 0.6 is 0 Å². The Morgan fingerprint density at radius 3 is 2.46 bits per heavy atom. The molecule has 0 atom stereocenters. The van der Waals surface area contributed by atoms with E-state index >= 15 is 0 Å². The van der Waals surface area contributed by atoms with E-state index in [-0.39, 0.29) is 5.41 Å². The van der Waals surface area contributed by atoms with Crippen LogP contribution in [-0.2, 0) is 10.2 Å². The fraction of sp³-hybridized carbons (Fsp3) is 0.409. The highest BCUT2D eigenvalue weighted by Gasteiger charge is 2.37. The van der Waals surface area contributed by atoms with Crippen molar-refractivity contribution in [3.63, 3.8) is 0 Å². The van der Waals surface area contributed by atoms with Crippen molar-refractivity contribution < 1.29 is 19.0 Å². The normalized spacial score (nSPS) is 15.6. The summed E-state index contributed by atoms with van der Waals surface area (Å²) in [6.07, 6.45) is 1.37. The van der Waals surface area contributed by atoms with Crippen molar-refractivity contribution in [2.45, 2.75) is 18.3 Å². The molecule has 0 bridgehead atoms. The fourth-order valence-electron chi connectivity index (χ4n) is 3.90. The first kappa shape index (κ1) is 19.9. The van der Waals surface area contributed by atoms with Crippen molar-refractivity contribution in [3.8, 4) is 11.5 Å². The average molecular weight is 384 g/mol. The number of para-hydroxylation sites is 2. The Morgan fingerprint density at radius 2 is 1.79 bits per heavy atom. The summed E-state index contributed by atoms with van der Waals surface area (Å²) >= 11 is 0. The molecule has 1 saturated heterocycles. The lowest BCUT2D eigenvalue weighted by Crippen LogP contribution is -2.49. The predicted molar refractivity (Wildman–Crippen MR) is 110 cm³/mol. The first-order valence-corrected chi connectivity index (χ1v) is 9.46. The highest BCUT2D eigenvalue weighted by atomic mass is 16.5. The second kappa shape index (κ2) is 8.87. The van der Waals surface area contributed by atoms with Crippen molar-refractivity contribution in [2.24, 2.45) is 0 Å². The number of alkyl carbamates (subject to hydrolysis) is 1. The number of methoxy groups -OCH3 is 3. The summed E-state index contributed by atoms with van der Waals surface area (Å²) in [5, 5.41) is 2.91. The van der Waals surface area contributed by atoms with Crippen LogP contribution in [0.4, 0.5) is 10.5 Å². The van der Waals surface area contributed by atoms with E-state index in [9.17, 15) is 4.79 Å². The summed E-state index contributed by atoms with van der Waals surface area (Å²) in [5.41, 5.74) is 2.09. The number of benzene rings is 2. The van der Waals surface area contributed by atoms with Crippen molar-refractivity contribution in [1.82, 2.24) is 5.32 Å². The predicted octanol–water partition coefficient (Wildman–Crippen LogP) is 3.60. The molecule has 1 aliphatic heterocycles. The van der Waals surface area contributed by atoms with Gasteiger partial charge >= 0.3 is 6.09 Å². The number of rotatable bonds is 6. The van der Waals surface area contributed by atoms with Gasteiger partial charge in [-0.05, 0) is 42.7 Å². The van der Waals surface area contributed by atoms with Crippen LogP contribution in [0.5, 0.6) is 11.5 Å². The zero-order valence-electron chi connectivity index (χ0n) is 16.7. The molecule has 1 heterocycles. The molecule has 1 aliphatic rings. The van der Waals surface area contributed by atoms with E-state index in [1.807, 2.05) is 30.3 Å². The lowest BCUT2D eigenvalue weighted by Gasteiger charge is -2.43. The Balaban J connectivity index is 1.84. The summed E-state index contributed by atoms with van der Waals surface area (Å²) < 4.78 is 15.7. The molecule has 0 radical (unpaired) electrons. The van der Waals surface area contributed by atoms with Crippen molar-refractivity contribution in [1.29, 1.82) is 0 Å². The van der Waals surface area contributed by atoms with Gasteiger partial charge in [0.1, 0.15) is 11.5 Å². The molecule has 3 rings (SSSR count). The third kappa shape index (κ3) is 4.16. The van der Waals surface area contributed by atoms with Gasteiger partial charge in [-0.2, -0.15) is 0 Å². The summed E-state index contributed by atoms with van der Waals surface area (Å²) in [5.74, 6) is 1.70. The monoisotopic (exact) mass is 384 g/mol. The molecular formula is C22H28N2O4. The number of hydrogen-bond acceptors (Lipinski definition) is 5. The molecular weight excluding hydrogens is 356 g/mol. The Labute approximate surface area is 166 Å². The smallest absolute Gasteiger partial charge is 0.406 e. The maximum Gasteiger partial charge on any atom is 0.406 e. The molecule has 6 nitrogen and oxygen atoms in total. The minimum absolute atomic E-state index is 0.179. The Hall–Kier alpha value is -2.89. The van der Waals surface area contributed by atoms with E-state index in [1.54, 1.807) is 14.2 Å². The van der Waals surface area contributed by atoms with Crippen LogP contribution in [0.25, 0.3) is 0 Å². The standard InChI is InChI=1S/C22H28N2O4/c1-26-18-8-6-7-17(15-18)22(16-23-21(25)28-3)11-13-24(14-12-22)19-9-4-5-10-20(19)27-2/h4-10,15H,11-14,16H2,1-3H3,(H,23,25). The van der Waals surface area contributed by atoms with Crippen LogP contribution < -0.4 is 19.7 Å². The van der Waals surface area contributed by atoms with Crippen LogP contribution in [0.1, 0.15) is 18.4 Å². The molecule has 28 heavy (non-hydrogen) atoms. The maximum atomic E-state index is 11.7. The minimum Gasteiger partial charge on any atom is -0.497 e. The summed E-state index contributed by atoms with van der Waals surface area (Å²) in [6, 6.07) is 16.2. The van der Waals surface area contributed by atoms with Gasteiger partial charge in [0.15, 0.2) is 0 Å². The van der Waals surface area contributed by atoms with Crippen LogP contribution in [0.2, 0.25) is 0 Å². The number of carbonyl (C=O) groups excluding carboxylic acids is 1. The molecule has 0 aliphatic carbocycles. The Kier molecular flexibility index (Phi) is 6.29. The van der Waals surface area contributed by atoms with Gasteiger partial charge in [-0.3, -0.25) is 0 Å². The first-order valence-electron chi connectivity index (χ1n) is 9.46. The third-order valence-corrected chi connectivity index (χ3v) is 5.59. The van der Waals surface area contributed by atoms with Gasteiger partial charge in [0.25, 0.3) is 0 Å². The van der Waals surface area contributed by atoms with Crippen LogP contribution in [-0.4, -0.2) is 47.1 Å². The first-order chi connectivity index (χ1) is 13.6. The fourth-order valence-corrected chi connectivity index (χ4v) is 3.90. The molecule has 0 aromatic heterocycles. The number of hydrogen-bond donors (Lipinski definition) is 1. The van der Waals surface area contributed by atoms with E-state index in [2.05, 4.69) is 28.4 Å². The molecule has 150 valence electrons. The molecule has 2 aromatic rings. The zero-order valence-corrected chi connectivity index (χ0v) is 16.7. The highest BCUT2D eigenvalue weighted by Crippen LogP contribution is 2.39. The van der Waals surface area contributed by atoms with Gasteiger partial charge in [0.2, 0.25) is 0 Å². The largest absolute Gasteiger partial charge is 0.497 e. The second-order valence-corrected chi connectivity index (χ2v) is 7.02. The molecule has 0 spiro atoms. The van der Waals surface area contributed by atoms with E-state index < -0.39 is 6.09 Å². The minimum atomic E-state index is -0.408. The number of anilines is 1. The molecule has 1 amide bonds. The van der Waals surface area contributed by atoms with Gasteiger partial charge in [-0.25, -0.2) is 4.79 Å². The number of amides is 1. The molecule has 1 fully saturated rings. The Bertz CT molecular complexity index is 801. The number of nitrogens with one attached hydrogen (secondary N) is 1. The van der Waals surface area contributed by atoms with Gasteiger partial charge < -0.3 is 24.4 Å². The van der Waals surface area contributed by atoms with Crippen molar-refractivity contribution in [2.75, 3.05) is 45.9 Å². The number of carbonyl (C=O) groups is 1. The average Bonchev–Trinajstić information content (AvgIpc) is 2.77. The molecule has 2 aromatic carbocycles. The number of nitrogens with zero attached hydrogens (tertiary/aromatic N) is 1. The quantitative estimate of drug-likeness (QED) is 0.825. The van der Waals surface area contributed by atoms with Crippen molar-refractivity contribution in [3.05, 3.63) is 54.1 Å². The molecule has 0 unspecified atom stereocenters. The molecule has 1 N–H and O–H groups in total. The highest BCUT2D eigenvalue weighted by molar-refractivity contribution is 5.67. The summed E-state index contributed by atoms with van der Waals surface area (Å²) in [6.45, 7) is 2.24. The lowest BCUT2D eigenvalue weighted by molar-refractivity contribution is 0.165. The number of ether oxygens (including phenoxy) is 3. The summed E-state index contributed by atoms with van der Waals surface area (Å²) in [4.78, 5) is 14.1. The van der Waals surface area contributed by atoms with E-state index in [0.717, 1.165) is 43.1 Å². The van der Waals surface area contributed by atoms with Crippen molar-refractivity contribution >= 4 is 11.8 Å². The van der Waals surface area contributed by atoms with Gasteiger partial charge in [0.05, 0.1) is 27.0 Å². The maximum absolute atomic E-state index is 11.7. The van der Waals surface area contributed by atoms with E-state index in [4.69, 9.17) is 14.2 Å². The van der Waals surface area contributed by atoms with Gasteiger partial charge in [0, 0.05) is 25.0 Å². The van der Waals surface area contributed by atoms with Crippen LogP contribution in [0.15, 0.2) is 48.5 Å². The van der Waals surface area contributed by atoms with E-state index in [0.29, 0.717) is 6.54 Å². The molecule has 0 saturated carbocycles. The van der Waals surface area contributed by atoms with Gasteiger partial charge in [-0.1, -0.05) is 24.3 Å². The van der Waals surface area contributed by atoms with Crippen LogP contribution in [0.3, 0.4) is 0 Å². The zero-order chi connectivity index (χ0) is 20.0. The Morgan fingerprint density at radius 1 is 1.04 bits per heavy atom. The number of piperidine rings is 1. The van der Waals surface area contributed by atoms with Gasteiger partial charge in [-0.15, -0.1) is 0 Å². The second-order valence-electron chi connectivity index (χ2n) is 7.02. The third-order valence-electron chi connectivity index (χ3n) is 5.59. The van der Waals surface area contributed by atoms with E-state index in [1.165, 1.54) is 12.7 Å². The molecule has 6 heteroatoms. The summed E-state index contributed by atoms with van der Waals surface area (Å²) in [7, 11) is 4.75. The topological polar surface area (TPSA) is 60.0 Å².